The highest BCUT2D eigenvalue weighted by atomic mass is 16.2. The molecule has 1 aromatic rings. The molecule has 0 bridgehead atoms. The summed E-state index contributed by atoms with van der Waals surface area (Å²) in [5, 5.41) is 3.11. The molecule has 0 spiro atoms. The summed E-state index contributed by atoms with van der Waals surface area (Å²) in [6.07, 6.45) is 10.3. The molecule has 5 rings (SSSR count). The summed E-state index contributed by atoms with van der Waals surface area (Å²) in [6, 6.07) is 8.21. The Kier molecular flexibility index (Phi) is 7.21. The second kappa shape index (κ2) is 10.5. The fourth-order valence-corrected chi connectivity index (χ4v) is 6.77. The van der Waals surface area contributed by atoms with Gasteiger partial charge in [-0.15, -0.1) is 0 Å². The molecule has 1 N–H and O–H groups in total. The van der Waals surface area contributed by atoms with Gasteiger partial charge in [-0.05, 0) is 68.4 Å². The minimum Gasteiger partial charge on any atom is -0.356 e. The first kappa shape index (κ1) is 23.4. The molecule has 34 heavy (non-hydrogen) atoms. The molecular formula is C28H39N3O3. The number of amides is 3. The van der Waals surface area contributed by atoms with Crippen LogP contribution < -0.4 is 5.32 Å². The van der Waals surface area contributed by atoms with Gasteiger partial charge in [0.15, 0.2) is 0 Å². The Morgan fingerprint density at radius 2 is 1.74 bits per heavy atom. The van der Waals surface area contributed by atoms with Crippen LogP contribution in [0.4, 0.5) is 0 Å². The second-order valence-corrected chi connectivity index (χ2v) is 10.9. The fourth-order valence-electron chi connectivity index (χ4n) is 6.77. The van der Waals surface area contributed by atoms with Crippen LogP contribution in [-0.2, 0) is 27.3 Å². The summed E-state index contributed by atoms with van der Waals surface area (Å²) in [6.45, 7) is 2.80. The van der Waals surface area contributed by atoms with Crippen molar-refractivity contribution >= 4 is 17.7 Å². The SMILES string of the molecule is O=C1NCCCCCN(C(=O)CC2CCCC2)[C@@H]2C[C@@H](C(=O)N3CCc4ccccc4C3)C[C@H]12. The van der Waals surface area contributed by atoms with E-state index in [1.54, 1.807) is 0 Å². The monoisotopic (exact) mass is 465 g/mol. The lowest BCUT2D eigenvalue weighted by molar-refractivity contribution is -0.139. The number of nitrogens with one attached hydrogen (secondary N) is 1. The number of carbonyl (C=O) groups is 3. The minimum atomic E-state index is -0.281. The largest absolute Gasteiger partial charge is 0.356 e. The average molecular weight is 466 g/mol. The van der Waals surface area contributed by atoms with Gasteiger partial charge in [0.05, 0.1) is 5.92 Å². The van der Waals surface area contributed by atoms with Crippen molar-refractivity contribution in [1.29, 1.82) is 0 Å². The van der Waals surface area contributed by atoms with Gasteiger partial charge in [0.1, 0.15) is 0 Å². The summed E-state index contributed by atoms with van der Waals surface area (Å²) < 4.78 is 0. The lowest BCUT2D eigenvalue weighted by atomic mass is 9.96. The predicted molar refractivity (Wildman–Crippen MR) is 131 cm³/mol. The molecule has 3 atom stereocenters. The van der Waals surface area contributed by atoms with Crippen molar-refractivity contribution in [3.63, 3.8) is 0 Å². The summed E-state index contributed by atoms with van der Waals surface area (Å²) in [5.41, 5.74) is 2.56. The number of benzene rings is 1. The van der Waals surface area contributed by atoms with Gasteiger partial charge in [0, 0.05) is 44.6 Å². The normalized spacial score (nSPS) is 28.2. The highest BCUT2D eigenvalue weighted by Gasteiger charge is 2.46. The molecule has 6 heteroatoms. The van der Waals surface area contributed by atoms with Crippen LogP contribution in [0.15, 0.2) is 24.3 Å². The van der Waals surface area contributed by atoms with Crippen LogP contribution in [0.1, 0.15) is 75.3 Å². The zero-order valence-electron chi connectivity index (χ0n) is 20.3. The topological polar surface area (TPSA) is 69.7 Å². The van der Waals surface area contributed by atoms with Crippen molar-refractivity contribution in [1.82, 2.24) is 15.1 Å². The van der Waals surface area contributed by atoms with E-state index in [4.69, 9.17) is 0 Å². The van der Waals surface area contributed by atoms with Gasteiger partial charge in [0.25, 0.3) is 0 Å². The number of hydrogen-bond donors (Lipinski definition) is 1. The third kappa shape index (κ3) is 5.01. The molecule has 0 aromatic heterocycles. The molecule has 184 valence electrons. The minimum absolute atomic E-state index is 0.0323. The van der Waals surface area contributed by atoms with Gasteiger partial charge < -0.3 is 15.1 Å². The Morgan fingerprint density at radius 1 is 0.941 bits per heavy atom. The van der Waals surface area contributed by atoms with Gasteiger partial charge in [-0.1, -0.05) is 37.1 Å². The quantitative estimate of drug-likeness (QED) is 0.740. The highest BCUT2D eigenvalue weighted by molar-refractivity contribution is 5.85. The van der Waals surface area contributed by atoms with Crippen LogP contribution in [0.25, 0.3) is 0 Å². The maximum absolute atomic E-state index is 13.6. The van der Waals surface area contributed by atoms with Crippen LogP contribution in [0.5, 0.6) is 0 Å². The smallest absolute Gasteiger partial charge is 0.226 e. The van der Waals surface area contributed by atoms with E-state index < -0.39 is 0 Å². The average Bonchev–Trinajstić information content (AvgIpc) is 3.53. The van der Waals surface area contributed by atoms with Crippen LogP contribution in [-0.4, -0.2) is 53.2 Å². The lowest BCUT2D eigenvalue weighted by Crippen LogP contribution is -2.48. The van der Waals surface area contributed by atoms with Gasteiger partial charge in [0.2, 0.25) is 17.7 Å². The molecule has 2 aliphatic carbocycles. The van der Waals surface area contributed by atoms with E-state index >= 15 is 0 Å². The molecular weight excluding hydrogens is 426 g/mol. The number of carbonyl (C=O) groups excluding carboxylic acids is 3. The molecule has 2 heterocycles. The van der Waals surface area contributed by atoms with E-state index in [0.29, 0.717) is 38.3 Å². The third-order valence-corrected chi connectivity index (χ3v) is 8.69. The van der Waals surface area contributed by atoms with Crippen molar-refractivity contribution < 1.29 is 14.4 Å². The van der Waals surface area contributed by atoms with Crippen molar-refractivity contribution in [3.05, 3.63) is 35.4 Å². The van der Waals surface area contributed by atoms with Gasteiger partial charge in [-0.25, -0.2) is 0 Å². The van der Waals surface area contributed by atoms with Crippen molar-refractivity contribution in [2.24, 2.45) is 17.8 Å². The van der Waals surface area contributed by atoms with Gasteiger partial charge >= 0.3 is 0 Å². The Morgan fingerprint density at radius 3 is 2.56 bits per heavy atom. The lowest BCUT2D eigenvalue weighted by Gasteiger charge is -2.34. The van der Waals surface area contributed by atoms with E-state index in [2.05, 4.69) is 23.5 Å². The summed E-state index contributed by atoms with van der Waals surface area (Å²) in [5.74, 6) is 0.417. The summed E-state index contributed by atoms with van der Waals surface area (Å²) >= 11 is 0. The molecule has 0 radical (unpaired) electrons. The zero-order chi connectivity index (χ0) is 23.5. The molecule has 3 fully saturated rings. The highest BCUT2D eigenvalue weighted by Crippen LogP contribution is 2.38. The van der Waals surface area contributed by atoms with E-state index in [0.717, 1.165) is 51.6 Å². The molecule has 2 saturated carbocycles. The number of fused-ring (bicyclic) bond motifs is 2. The van der Waals surface area contributed by atoms with E-state index in [1.165, 1.54) is 24.0 Å². The van der Waals surface area contributed by atoms with Crippen LogP contribution in [0.3, 0.4) is 0 Å². The van der Waals surface area contributed by atoms with E-state index in [1.807, 2.05) is 15.9 Å². The second-order valence-electron chi connectivity index (χ2n) is 10.9. The molecule has 6 nitrogen and oxygen atoms in total. The maximum atomic E-state index is 13.6. The van der Waals surface area contributed by atoms with Crippen LogP contribution in [0.2, 0.25) is 0 Å². The molecule has 3 amide bonds. The third-order valence-electron chi connectivity index (χ3n) is 8.69. The van der Waals surface area contributed by atoms with Gasteiger partial charge in [-0.3, -0.25) is 14.4 Å². The molecule has 0 unspecified atom stereocenters. The van der Waals surface area contributed by atoms with Crippen molar-refractivity contribution in [3.8, 4) is 0 Å². The predicted octanol–water partition coefficient (Wildman–Crippen LogP) is 3.68. The van der Waals surface area contributed by atoms with Crippen molar-refractivity contribution in [2.75, 3.05) is 19.6 Å². The first-order chi connectivity index (χ1) is 16.6. The van der Waals surface area contributed by atoms with E-state index in [-0.39, 0.29) is 35.6 Å². The standard InChI is InChI=1S/C28H39N3O3/c32-26(16-20-8-2-3-9-20)31-14-7-1-6-13-29-27(33)24-17-23(18-25(24)31)28(34)30-15-12-21-10-4-5-11-22(21)19-30/h4-5,10-11,20,23-25H,1-3,6-9,12-19H2,(H,29,33)/t23-,24-,25+/m0/s1. The Hall–Kier alpha value is -2.37. The maximum Gasteiger partial charge on any atom is 0.226 e. The number of rotatable bonds is 3. The molecule has 4 aliphatic rings. The van der Waals surface area contributed by atoms with E-state index in [9.17, 15) is 14.4 Å². The van der Waals surface area contributed by atoms with Crippen LogP contribution in [0, 0.1) is 17.8 Å². The van der Waals surface area contributed by atoms with Crippen molar-refractivity contribution in [2.45, 2.75) is 83.2 Å². The Bertz CT molecular complexity index is 910. The number of hydrogen-bond acceptors (Lipinski definition) is 3. The number of nitrogens with zero attached hydrogens (tertiary/aromatic N) is 2. The summed E-state index contributed by atoms with van der Waals surface area (Å²) in [7, 11) is 0. The zero-order valence-corrected chi connectivity index (χ0v) is 20.3. The Balaban J connectivity index is 1.32. The van der Waals surface area contributed by atoms with Gasteiger partial charge in [-0.2, -0.15) is 0 Å². The first-order valence-corrected chi connectivity index (χ1v) is 13.5. The summed E-state index contributed by atoms with van der Waals surface area (Å²) in [4.78, 5) is 44.3. The Labute approximate surface area is 203 Å². The first-order valence-electron chi connectivity index (χ1n) is 13.5. The molecule has 2 aliphatic heterocycles. The molecule has 1 saturated heterocycles. The fraction of sp³-hybridized carbons (Fsp3) is 0.679. The molecule has 1 aromatic carbocycles. The van der Waals surface area contributed by atoms with Crippen LogP contribution >= 0.6 is 0 Å².